The summed E-state index contributed by atoms with van der Waals surface area (Å²) in [5.74, 6) is 0.909. The van der Waals surface area contributed by atoms with Gasteiger partial charge in [0.05, 0.1) is 31.8 Å². The van der Waals surface area contributed by atoms with Crippen molar-refractivity contribution in [1.82, 2.24) is 0 Å². The van der Waals surface area contributed by atoms with Crippen LogP contribution in [0.15, 0.2) is 54.6 Å². The van der Waals surface area contributed by atoms with Crippen LogP contribution in [0.3, 0.4) is 0 Å². The lowest BCUT2D eigenvalue weighted by atomic mass is 9.92. The second kappa shape index (κ2) is 9.18. The molecule has 3 aromatic rings. The van der Waals surface area contributed by atoms with Gasteiger partial charge in [0.1, 0.15) is 23.4 Å². The van der Waals surface area contributed by atoms with E-state index in [0.29, 0.717) is 24.3 Å². The van der Waals surface area contributed by atoms with Gasteiger partial charge in [-0.3, -0.25) is 4.79 Å². The Balaban J connectivity index is 1.37. The molecule has 2 unspecified atom stereocenters. The zero-order valence-electron chi connectivity index (χ0n) is 18.8. The summed E-state index contributed by atoms with van der Waals surface area (Å²) in [6.45, 7) is 0.448. The molecular formula is C28H24FNO4. The Morgan fingerprint density at radius 1 is 1.15 bits per heavy atom. The number of rotatable bonds is 6. The number of methoxy groups -OCH3 is 1. The smallest absolute Gasteiger partial charge is 0.306 e. The number of fused-ring (bicyclic) bond motifs is 2. The van der Waals surface area contributed by atoms with Crippen molar-refractivity contribution in [3.05, 3.63) is 93.8 Å². The molecule has 1 aliphatic heterocycles. The summed E-state index contributed by atoms with van der Waals surface area (Å²) in [7, 11) is 1.39. The highest BCUT2D eigenvalue weighted by Gasteiger charge is 2.30. The largest absolute Gasteiger partial charge is 0.492 e. The molecule has 1 heterocycles. The van der Waals surface area contributed by atoms with Crippen molar-refractivity contribution in [3.63, 3.8) is 0 Å². The third kappa shape index (κ3) is 4.22. The molecule has 0 bridgehead atoms. The lowest BCUT2D eigenvalue weighted by Crippen LogP contribution is -2.09. The van der Waals surface area contributed by atoms with E-state index in [9.17, 15) is 14.4 Å². The number of hydrogen-bond acceptors (Lipinski definition) is 5. The monoisotopic (exact) mass is 457 g/mol. The van der Waals surface area contributed by atoms with Crippen molar-refractivity contribution in [2.24, 2.45) is 0 Å². The maximum absolute atomic E-state index is 13.3. The Bertz CT molecular complexity index is 1280. The van der Waals surface area contributed by atoms with E-state index in [1.54, 1.807) is 12.1 Å². The molecule has 0 fully saturated rings. The third-order valence-electron chi connectivity index (χ3n) is 6.67. The van der Waals surface area contributed by atoms with Crippen LogP contribution in [0.25, 0.3) is 0 Å². The molecule has 0 radical (unpaired) electrons. The molecule has 34 heavy (non-hydrogen) atoms. The highest BCUT2D eigenvalue weighted by Crippen LogP contribution is 2.42. The summed E-state index contributed by atoms with van der Waals surface area (Å²) >= 11 is 0. The Kier molecular flexibility index (Phi) is 5.93. The summed E-state index contributed by atoms with van der Waals surface area (Å²) in [4.78, 5) is 11.7. The van der Waals surface area contributed by atoms with Gasteiger partial charge < -0.3 is 14.2 Å². The molecule has 0 saturated heterocycles. The summed E-state index contributed by atoms with van der Waals surface area (Å²) in [5.41, 5.74) is 5.81. The second-order valence-electron chi connectivity index (χ2n) is 8.71. The molecule has 6 heteroatoms. The number of hydrogen-bond donors (Lipinski definition) is 0. The summed E-state index contributed by atoms with van der Waals surface area (Å²) < 4.78 is 30.3. The predicted octanol–water partition coefficient (Wildman–Crippen LogP) is 5.39. The van der Waals surface area contributed by atoms with E-state index >= 15 is 0 Å². The molecule has 5 rings (SSSR count). The quantitative estimate of drug-likeness (QED) is 0.464. The van der Waals surface area contributed by atoms with Crippen molar-refractivity contribution >= 4 is 5.97 Å². The van der Waals surface area contributed by atoms with Gasteiger partial charge in [-0.2, -0.15) is 5.26 Å². The zero-order chi connectivity index (χ0) is 23.7. The Labute approximate surface area is 197 Å². The average molecular weight is 458 g/mol. The van der Waals surface area contributed by atoms with Crippen molar-refractivity contribution in [1.29, 1.82) is 5.26 Å². The standard InChI is InChI=1S/C28H24FNO4/c1-32-28(31)13-19-16-33-27-14-21(7-9-22(19)27)34-26-11-10-23-24(26)8-4-18(15-30)25(23)12-17-2-5-20(29)6-3-17/h2-9,14,19,26H,10-13,16H2,1H3. The number of nitrogens with zero attached hydrogens (tertiary/aromatic N) is 1. The first-order valence-corrected chi connectivity index (χ1v) is 11.3. The molecule has 0 spiro atoms. The van der Waals surface area contributed by atoms with Crippen LogP contribution in [-0.2, 0) is 22.4 Å². The summed E-state index contributed by atoms with van der Waals surface area (Å²) in [5, 5.41) is 9.67. The van der Waals surface area contributed by atoms with E-state index in [1.165, 1.54) is 19.2 Å². The van der Waals surface area contributed by atoms with Gasteiger partial charge in [0.25, 0.3) is 0 Å². The van der Waals surface area contributed by atoms with Crippen LogP contribution in [0.5, 0.6) is 11.5 Å². The normalized spacial score (nSPS) is 17.9. The Hall–Kier alpha value is -3.85. The minimum Gasteiger partial charge on any atom is -0.492 e. The van der Waals surface area contributed by atoms with Crippen LogP contribution in [0.4, 0.5) is 4.39 Å². The summed E-state index contributed by atoms with van der Waals surface area (Å²) in [6, 6.07) is 18.3. The lowest BCUT2D eigenvalue weighted by Gasteiger charge is -2.17. The molecule has 2 aliphatic rings. The van der Waals surface area contributed by atoms with Crippen LogP contribution < -0.4 is 9.47 Å². The molecule has 1 aliphatic carbocycles. The molecule has 0 aromatic heterocycles. The fraction of sp³-hybridized carbons (Fsp3) is 0.286. The molecule has 0 amide bonds. The van der Waals surface area contributed by atoms with Crippen LogP contribution in [-0.4, -0.2) is 19.7 Å². The second-order valence-corrected chi connectivity index (χ2v) is 8.71. The first-order valence-electron chi connectivity index (χ1n) is 11.3. The first-order chi connectivity index (χ1) is 16.6. The zero-order valence-corrected chi connectivity index (χ0v) is 18.8. The Morgan fingerprint density at radius 3 is 2.71 bits per heavy atom. The Morgan fingerprint density at radius 2 is 1.94 bits per heavy atom. The maximum Gasteiger partial charge on any atom is 0.306 e. The molecule has 0 N–H and O–H groups in total. The van der Waals surface area contributed by atoms with Gasteiger partial charge >= 0.3 is 5.97 Å². The van der Waals surface area contributed by atoms with Gasteiger partial charge in [0, 0.05) is 17.5 Å². The van der Waals surface area contributed by atoms with Crippen LogP contribution in [0.1, 0.15) is 58.2 Å². The molecule has 172 valence electrons. The number of esters is 1. The van der Waals surface area contributed by atoms with E-state index in [4.69, 9.17) is 14.2 Å². The van der Waals surface area contributed by atoms with E-state index in [2.05, 4.69) is 6.07 Å². The van der Waals surface area contributed by atoms with Gasteiger partial charge in [-0.15, -0.1) is 0 Å². The average Bonchev–Trinajstić information content (AvgIpc) is 3.44. The van der Waals surface area contributed by atoms with Gasteiger partial charge in [0.2, 0.25) is 0 Å². The van der Waals surface area contributed by atoms with Crippen molar-refractivity contribution in [3.8, 4) is 17.6 Å². The number of carbonyl (C=O) groups is 1. The number of nitriles is 1. The molecule has 0 saturated carbocycles. The van der Waals surface area contributed by atoms with E-state index in [0.717, 1.165) is 46.4 Å². The van der Waals surface area contributed by atoms with Crippen LogP contribution in [0, 0.1) is 17.1 Å². The van der Waals surface area contributed by atoms with Crippen LogP contribution in [0.2, 0.25) is 0 Å². The summed E-state index contributed by atoms with van der Waals surface area (Å²) in [6.07, 6.45) is 2.36. The van der Waals surface area contributed by atoms with E-state index in [1.807, 2.05) is 30.3 Å². The number of halogens is 1. The minimum absolute atomic E-state index is 0.0119. The highest BCUT2D eigenvalue weighted by molar-refractivity contribution is 5.71. The third-order valence-corrected chi connectivity index (χ3v) is 6.67. The van der Waals surface area contributed by atoms with Gasteiger partial charge in [0.15, 0.2) is 0 Å². The fourth-order valence-electron chi connectivity index (χ4n) is 4.92. The minimum atomic E-state index is -0.272. The van der Waals surface area contributed by atoms with Gasteiger partial charge in [-0.05, 0) is 65.8 Å². The van der Waals surface area contributed by atoms with E-state index < -0.39 is 0 Å². The molecule has 3 aromatic carbocycles. The number of carbonyl (C=O) groups excluding carboxylic acids is 1. The number of ether oxygens (including phenoxy) is 3. The topological polar surface area (TPSA) is 68.6 Å². The molecule has 5 nitrogen and oxygen atoms in total. The van der Waals surface area contributed by atoms with Crippen molar-refractivity contribution in [2.45, 2.75) is 37.7 Å². The van der Waals surface area contributed by atoms with Gasteiger partial charge in [-0.1, -0.05) is 24.3 Å². The van der Waals surface area contributed by atoms with Crippen molar-refractivity contribution in [2.75, 3.05) is 13.7 Å². The SMILES string of the molecule is COC(=O)CC1COc2cc(OC3CCc4c3ccc(C#N)c4Cc3ccc(F)cc3)ccc21. The lowest BCUT2D eigenvalue weighted by molar-refractivity contribution is -0.141. The number of benzene rings is 3. The fourth-order valence-corrected chi connectivity index (χ4v) is 4.92. The maximum atomic E-state index is 13.3. The predicted molar refractivity (Wildman–Crippen MR) is 123 cm³/mol. The molecular weight excluding hydrogens is 433 g/mol. The van der Waals surface area contributed by atoms with Crippen molar-refractivity contribution < 1.29 is 23.4 Å². The van der Waals surface area contributed by atoms with Crippen LogP contribution >= 0.6 is 0 Å². The molecule has 2 atom stereocenters. The van der Waals surface area contributed by atoms with Gasteiger partial charge in [-0.25, -0.2) is 4.39 Å². The highest BCUT2D eigenvalue weighted by atomic mass is 19.1. The first kappa shape index (κ1) is 22.0. The van der Waals surface area contributed by atoms with E-state index in [-0.39, 0.29) is 30.2 Å².